The van der Waals surface area contributed by atoms with Crippen LogP contribution in [-0.4, -0.2) is 41.4 Å². The first-order chi connectivity index (χ1) is 8.16. The Kier molecular flexibility index (Phi) is 4.79. The highest BCUT2D eigenvalue weighted by molar-refractivity contribution is 4.80. The van der Waals surface area contributed by atoms with Gasteiger partial charge in [-0.05, 0) is 25.7 Å². The van der Waals surface area contributed by atoms with Gasteiger partial charge in [-0.25, -0.2) is 0 Å². The van der Waals surface area contributed by atoms with Gasteiger partial charge in [-0.2, -0.15) is 0 Å². The van der Waals surface area contributed by atoms with Crippen LogP contribution in [0.1, 0.15) is 45.4 Å². The molecule has 1 saturated heterocycles. The highest BCUT2D eigenvalue weighted by Crippen LogP contribution is 2.26. The lowest BCUT2D eigenvalue weighted by atomic mass is 9.90. The molecule has 0 spiro atoms. The van der Waals surface area contributed by atoms with Crippen LogP contribution in [0.25, 0.3) is 0 Å². The summed E-state index contributed by atoms with van der Waals surface area (Å²) in [6, 6.07) is 0. The van der Waals surface area contributed by atoms with E-state index in [0.29, 0.717) is 12.3 Å². The summed E-state index contributed by atoms with van der Waals surface area (Å²) < 4.78 is 11.2. The molecule has 4 nitrogen and oxygen atoms in total. The smallest absolute Gasteiger partial charge is 0.160 e. The molecule has 0 amide bonds. The summed E-state index contributed by atoms with van der Waals surface area (Å²) in [7, 11) is 0. The van der Waals surface area contributed by atoms with Gasteiger partial charge in [0.05, 0.1) is 18.8 Å². The number of hydrogen-bond donors (Lipinski definition) is 2. The number of rotatable bonds is 3. The first-order valence-electron chi connectivity index (χ1n) is 6.80. The molecule has 100 valence electrons. The molecule has 0 aromatic rings. The Balaban J connectivity index is 1.71. The molecule has 2 fully saturated rings. The first-order valence-corrected chi connectivity index (χ1v) is 6.80. The van der Waals surface area contributed by atoms with Crippen molar-refractivity contribution in [2.75, 3.05) is 6.61 Å². The summed E-state index contributed by atoms with van der Waals surface area (Å²) in [4.78, 5) is 0. The fourth-order valence-electron chi connectivity index (χ4n) is 2.73. The van der Waals surface area contributed by atoms with Crippen LogP contribution in [0.15, 0.2) is 0 Å². The fourth-order valence-corrected chi connectivity index (χ4v) is 2.73. The molecule has 0 aromatic heterocycles. The van der Waals surface area contributed by atoms with Gasteiger partial charge in [0.15, 0.2) is 6.29 Å². The van der Waals surface area contributed by atoms with Crippen molar-refractivity contribution in [2.45, 2.75) is 70.1 Å². The fraction of sp³-hybridized carbons (Fsp3) is 1.00. The van der Waals surface area contributed by atoms with Crippen molar-refractivity contribution in [3.63, 3.8) is 0 Å². The van der Waals surface area contributed by atoms with E-state index in [1.54, 1.807) is 6.92 Å². The molecular weight excluding hydrogens is 220 g/mol. The average Bonchev–Trinajstić information content (AvgIpc) is 2.34. The summed E-state index contributed by atoms with van der Waals surface area (Å²) in [6.45, 7) is 2.49. The predicted molar refractivity (Wildman–Crippen MR) is 63.5 cm³/mol. The van der Waals surface area contributed by atoms with E-state index in [4.69, 9.17) is 9.47 Å². The van der Waals surface area contributed by atoms with Crippen molar-refractivity contribution in [3.8, 4) is 0 Å². The van der Waals surface area contributed by atoms with E-state index in [9.17, 15) is 10.2 Å². The monoisotopic (exact) mass is 244 g/mol. The predicted octanol–water partition coefficient (Wildman–Crippen LogP) is 1.44. The molecule has 1 aliphatic carbocycles. The Bertz CT molecular complexity index is 215. The largest absolute Gasteiger partial charge is 0.390 e. The second-order valence-electron chi connectivity index (χ2n) is 5.40. The lowest BCUT2D eigenvalue weighted by Crippen LogP contribution is -2.47. The van der Waals surface area contributed by atoms with E-state index in [2.05, 4.69) is 0 Å². The SMILES string of the molecule is C[C@H]1O[C@H](OCC2CCCCC2)C[C@@H](O)[C@@H]1O. The summed E-state index contributed by atoms with van der Waals surface area (Å²) in [5.41, 5.74) is 0. The van der Waals surface area contributed by atoms with E-state index in [0.717, 1.165) is 6.61 Å². The van der Waals surface area contributed by atoms with E-state index < -0.39 is 12.2 Å². The Morgan fingerprint density at radius 1 is 1.18 bits per heavy atom. The Hall–Kier alpha value is -0.160. The molecule has 2 aliphatic rings. The van der Waals surface area contributed by atoms with Crippen molar-refractivity contribution in [2.24, 2.45) is 5.92 Å². The summed E-state index contributed by atoms with van der Waals surface area (Å²) >= 11 is 0. The normalized spacial score (nSPS) is 40.4. The van der Waals surface area contributed by atoms with Crippen molar-refractivity contribution in [1.29, 1.82) is 0 Å². The lowest BCUT2D eigenvalue weighted by molar-refractivity contribution is -0.249. The molecule has 4 atom stereocenters. The van der Waals surface area contributed by atoms with Crippen LogP contribution in [0, 0.1) is 5.92 Å². The maximum absolute atomic E-state index is 9.65. The summed E-state index contributed by atoms with van der Waals surface area (Å²) in [5, 5.41) is 19.2. The van der Waals surface area contributed by atoms with E-state index in [1.165, 1.54) is 32.1 Å². The van der Waals surface area contributed by atoms with Gasteiger partial charge in [-0.15, -0.1) is 0 Å². The zero-order valence-corrected chi connectivity index (χ0v) is 10.5. The Morgan fingerprint density at radius 2 is 1.88 bits per heavy atom. The van der Waals surface area contributed by atoms with Crippen molar-refractivity contribution >= 4 is 0 Å². The lowest BCUT2D eigenvalue weighted by Gasteiger charge is -2.36. The zero-order valence-electron chi connectivity index (χ0n) is 10.5. The topological polar surface area (TPSA) is 58.9 Å². The van der Waals surface area contributed by atoms with Crippen LogP contribution in [0.5, 0.6) is 0 Å². The maximum atomic E-state index is 9.65. The quantitative estimate of drug-likeness (QED) is 0.788. The molecule has 2 N–H and O–H groups in total. The third kappa shape index (κ3) is 3.65. The number of aliphatic hydroxyl groups is 2. The standard InChI is InChI=1S/C13H24O4/c1-9-13(15)11(14)7-12(17-9)16-8-10-5-3-2-4-6-10/h9-15H,2-8H2,1H3/t9-,11-,12+,13-/m1/s1. The van der Waals surface area contributed by atoms with Crippen LogP contribution in [0.2, 0.25) is 0 Å². The zero-order chi connectivity index (χ0) is 12.3. The molecular formula is C13H24O4. The second-order valence-corrected chi connectivity index (χ2v) is 5.40. The first kappa shape index (κ1) is 13.3. The van der Waals surface area contributed by atoms with Crippen LogP contribution in [0.3, 0.4) is 0 Å². The van der Waals surface area contributed by atoms with Crippen LogP contribution >= 0.6 is 0 Å². The third-order valence-corrected chi connectivity index (χ3v) is 3.92. The molecule has 4 heteroatoms. The Labute approximate surface area is 103 Å². The molecule has 0 aromatic carbocycles. The van der Waals surface area contributed by atoms with Gasteiger partial charge in [0.1, 0.15) is 6.10 Å². The molecule has 1 saturated carbocycles. The van der Waals surface area contributed by atoms with Gasteiger partial charge in [0, 0.05) is 6.42 Å². The van der Waals surface area contributed by atoms with Crippen molar-refractivity contribution in [1.82, 2.24) is 0 Å². The van der Waals surface area contributed by atoms with E-state index in [-0.39, 0.29) is 12.4 Å². The maximum Gasteiger partial charge on any atom is 0.160 e. The molecule has 2 rings (SSSR count). The minimum Gasteiger partial charge on any atom is -0.390 e. The van der Waals surface area contributed by atoms with Crippen molar-refractivity contribution < 1.29 is 19.7 Å². The Morgan fingerprint density at radius 3 is 2.53 bits per heavy atom. The van der Waals surface area contributed by atoms with E-state index in [1.807, 2.05) is 0 Å². The highest BCUT2D eigenvalue weighted by Gasteiger charge is 2.34. The summed E-state index contributed by atoms with van der Waals surface area (Å²) in [6.07, 6.45) is 4.59. The van der Waals surface area contributed by atoms with E-state index >= 15 is 0 Å². The van der Waals surface area contributed by atoms with Gasteiger partial charge in [-0.1, -0.05) is 19.3 Å². The van der Waals surface area contributed by atoms with Gasteiger partial charge in [0.25, 0.3) is 0 Å². The summed E-state index contributed by atoms with van der Waals surface area (Å²) in [5.74, 6) is 0.645. The minimum atomic E-state index is -0.787. The van der Waals surface area contributed by atoms with Gasteiger partial charge >= 0.3 is 0 Å². The third-order valence-electron chi connectivity index (χ3n) is 3.92. The molecule has 1 heterocycles. The number of ether oxygens (including phenoxy) is 2. The highest BCUT2D eigenvalue weighted by atomic mass is 16.7. The van der Waals surface area contributed by atoms with Crippen LogP contribution < -0.4 is 0 Å². The second kappa shape index (κ2) is 6.14. The molecule has 17 heavy (non-hydrogen) atoms. The number of aliphatic hydroxyl groups excluding tert-OH is 2. The van der Waals surface area contributed by atoms with Crippen LogP contribution in [0.4, 0.5) is 0 Å². The van der Waals surface area contributed by atoms with Crippen LogP contribution in [-0.2, 0) is 9.47 Å². The minimum absolute atomic E-state index is 0.352. The van der Waals surface area contributed by atoms with Gasteiger partial charge in [-0.3, -0.25) is 0 Å². The van der Waals surface area contributed by atoms with Gasteiger partial charge < -0.3 is 19.7 Å². The molecule has 1 aliphatic heterocycles. The number of hydrogen-bond acceptors (Lipinski definition) is 4. The van der Waals surface area contributed by atoms with Crippen molar-refractivity contribution in [3.05, 3.63) is 0 Å². The van der Waals surface area contributed by atoms with Gasteiger partial charge in [0.2, 0.25) is 0 Å². The average molecular weight is 244 g/mol. The molecule has 0 unspecified atom stereocenters. The molecule has 0 bridgehead atoms. The molecule has 0 radical (unpaired) electrons.